The minimum absolute atomic E-state index is 0.0158. The number of hydrogen-bond donors (Lipinski definition) is 3. The highest BCUT2D eigenvalue weighted by Gasteiger charge is 2.46. The van der Waals surface area contributed by atoms with Crippen LogP contribution in [0, 0.1) is 5.92 Å². The Morgan fingerprint density at radius 2 is 1.81 bits per heavy atom. The van der Waals surface area contributed by atoms with E-state index in [1.54, 1.807) is 18.2 Å². The van der Waals surface area contributed by atoms with Gasteiger partial charge in [0.25, 0.3) is 11.8 Å². The highest BCUT2D eigenvalue weighted by atomic mass is 16.2. The molecule has 0 spiro atoms. The molecule has 3 N–H and O–H groups in total. The van der Waals surface area contributed by atoms with Gasteiger partial charge in [0.1, 0.15) is 6.04 Å². The number of hydrogen-bond acceptors (Lipinski definition) is 7. The monoisotopic (exact) mass is 425 g/mol. The molecule has 0 radical (unpaired) electrons. The summed E-state index contributed by atoms with van der Waals surface area (Å²) >= 11 is 0. The fourth-order valence-electron chi connectivity index (χ4n) is 4.89. The van der Waals surface area contributed by atoms with Crippen LogP contribution in [-0.4, -0.2) is 77.6 Å². The summed E-state index contributed by atoms with van der Waals surface area (Å²) < 4.78 is 0. The predicted octanol–water partition coefficient (Wildman–Crippen LogP) is -1.39. The van der Waals surface area contributed by atoms with E-state index in [1.165, 1.54) is 0 Å². The molecule has 0 bridgehead atoms. The third-order valence-corrected chi connectivity index (χ3v) is 6.55. The summed E-state index contributed by atoms with van der Waals surface area (Å²) in [6, 6.07) is 3.82. The quantitative estimate of drug-likeness (QED) is 0.507. The molecule has 4 aliphatic heterocycles. The van der Waals surface area contributed by atoms with Gasteiger partial charge in [-0.15, -0.1) is 0 Å². The summed E-state index contributed by atoms with van der Waals surface area (Å²) in [5.74, 6) is -1.89. The van der Waals surface area contributed by atoms with Gasteiger partial charge < -0.3 is 10.6 Å². The molecule has 2 atom stereocenters. The fourth-order valence-corrected chi connectivity index (χ4v) is 4.89. The van der Waals surface area contributed by atoms with Crippen LogP contribution in [0.15, 0.2) is 18.2 Å². The van der Waals surface area contributed by atoms with E-state index in [2.05, 4.69) is 20.9 Å². The zero-order valence-corrected chi connectivity index (χ0v) is 16.8. The summed E-state index contributed by atoms with van der Waals surface area (Å²) in [5, 5.41) is 8.32. The Bertz CT molecular complexity index is 1000. The van der Waals surface area contributed by atoms with E-state index in [0.717, 1.165) is 18.0 Å². The molecular weight excluding hydrogens is 402 g/mol. The summed E-state index contributed by atoms with van der Waals surface area (Å²) in [6.07, 6.45) is 0.200. The van der Waals surface area contributed by atoms with E-state index in [4.69, 9.17) is 0 Å². The van der Waals surface area contributed by atoms with Gasteiger partial charge in [0.05, 0.1) is 17.2 Å². The van der Waals surface area contributed by atoms with Gasteiger partial charge in [-0.05, 0) is 18.1 Å². The molecule has 5 rings (SSSR count). The SMILES string of the molecule is O=C1CCC(N2C(=O)c3cccc(CN4CCNC(=O)C4C4CNC4)c3C2=O)C(=O)N1. The normalized spacial score (nSPS) is 27.1. The van der Waals surface area contributed by atoms with Crippen molar-refractivity contribution >= 4 is 29.5 Å². The van der Waals surface area contributed by atoms with Crippen molar-refractivity contribution in [2.24, 2.45) is 5.92 Å². The smallest absolute Gasteiger partial charge is 0.262 e. The van der Waals surface area contributed by atoms with E-state index in [-0.39, 0.29) is 41.8 Å². The molecule has 1 aromatic rings. The number of carbonyl (C=O) groups is 5. The number of benzene rings is 1. The Balaban J connectivity index is 1.43. The van der Waals surface area contributed by atoms with Crippen LogP contribution < -0.4 is 16.0 Å². The van der Waals surface area contributed by atoms with Crippen LogP contribution in [0.4, 0.5) is 0 Å². The standard InChI is InChI=1S/C21H23N5O5/c27-15-5-4-14(18(28)24-15)26-20(30)13-3-1-2-11(16(13)21(26)31)10-25-7-6-23-19(29)17(25)12-8-22-9-12/h1-3,12,14,17,22H,4-10H2,(H,23,29)(H,24,27,28). The second-order valence-corrected chi connectivity index (χ2v) is 8.41. The molecule has 0 aliphatic carbocycles. The molecule has 10 nitrogen and oxygen atoms in total. The first-order chi connectivity index (χ1) is 15.0. The van der Waals surface area contributed by atoms with Crippen LogP contribution in [0.25, 0.3) is 0 Å². The maximum Gasteiger partial charge on any atom is 0.262 e. The van der Waals surface area contributed by atoms with Crippen LogP contribution in [0.2, 0.25) is 0 Å². The minimum atomic E-state index is -0.993. The number of piperazine rings is 1. The lowest BCUT2D eigenvalue weighted by Gasteiger charge is -2.43. The van der Waals surface area contributed by atoms with Crippen LogP contribution in [0.5, 0.6) is 0 Å². The van der Waals surface area contributed by atoms with Gasteiger partial charge in [-0.3, -0.25) is 39.1 Å². The largest absolute Gasteiger partial charge is 0.353 e. The van der Waals surface area contributed by atoms with E-state index in [0.29, 0.717) is 25.2 Å². The first-order valence-corrected chi connectivity index (χ1v) is 10.5. The number of rotatable bonds is 4. The van der Waals surface area contributed by atoms with Gasteiger partial charge in [-0.1, -0.05) is 12.1 Å². The Morgan fingerprint density at radius 1 is 1.00 bits per heavy atom. The number of carbonyl (C=O) groups excluding carboxylic acids is 5. The van der Waals surface area contributed by atoms with Crippen molar-refractivity contribution in [1.82, 2.24) is 25.8 Å². The minimum Gasteiger partial charge on any atom is -0.353 e. The lowest BCUT2D eigenvalue weighted by molar-refractivity contribution is -0.136. The van der Waals surface area contributed by atoms with Crippen LogP contribution in [0.1, 0.15) is 39.1 Å². The maximum atomic E-state index is 13.3. The molecule has 1 aromatic carbocycles. The topological polar surface area (TPSA) is 128 Å². The van der Waals surface area contributed by atoms with Crippen molar-refractivity contribution in [2.45, 2.75) is 31.5 Å². The summed E-state index contributed by atoms with van der Waals surface area (Å²) in [6.45, 7) is 3.07. The van der Waals surface area contributed by atoms with E-state index < -0.39 is 29.7 Å². The Morgan fingerprint density at radius 3 is 2.52 bits per heavy atom. The number of imide groups is 2. The zero-order chi connectivity index (χ0) is 21.7. The van der Waals surface area contributed by atoms with Crippen molar-refractivity contribution in [3.05, 3.63) is 34.9 Å². The molecule has 3 fully saturated rings. The first-order valence-electron chi connectivity index (χ1n) is 10.5. The number of nitrogens with one attached hydrogen (secondary N) is 3. The average molecular weight is 425 g/mol. The molecule has 10 heteroatoms. The third kappa shape index (κ3) is 3.22. The Labute approximate surface area is 178 Å². The lowest BCUT2D eigenvalue weighted by atomic mass is 9.90. The van der Waals surface area contributed by atoms with E-state index >= 15 is 0 Å². The van der Waals surface area contributed by atoms with Gasteiger partial charge >= 0.3 is 0 Å². The maximum absolute atomic E-state index is 13.3. The van der Waals surface area contributed by atoms with Crippen LogP contribution in [-0.2, 0) is 20.9 Å². The van der Waals surface area contributed by atoms with Gasteiger partial charge in [-0.25, -0.2) is 0 Å². The second kappa shape index (κ2) is 7.54. The van der Waals surface area contributed by atoms with Gasteiger partial charge in [-0.2, -0.15) is 0 Å². The van der Waals surface area contributed by atoms with Crippen molar-refractivity contribution < 1.29 is 24.0 Å². The highest BCUT2D eigenvalue weighted by Crippen LogP contribution is 2.31. The van der Waals surface area contributed by atoms with Gasteiger partial charge in [0, 0.05) is 45.1 Å². The highest BCUT2D eigenvalue weighted by molar-refractivity contribution is 6.24. The molecule has 3 saturated heterocycles. The van der Waals surface area contributed by atoms with Gasteiger partial charge in [0.15, 0.2) is 0 Å². The van der Waals surface area contributed by atoms with E-state index in [1.807, 2.05) is 0 Å². The molecule has 4 heterocycles. The Hall–Kier alpha value is -3.11. The lowest BCUT2D eigenvalue weighted by Crippen LogP contribution is -2.64. The number of fused-ring (bicyclic) bond motifs is 1. The Kier molecular flexibility index (Phi) is 4.82. The molecule has 0 aromatic heterocycles. The second-order valence-electron chi connectivity index (χ2n) is 8.41. The number of amides is 5. The molecule has 2 unspecified atom stereocenters. The third-order valence-electron chi connectivity index (χ3n) is 6.55. The molecular formula is C21H23N5O5. The molecule has 162 valence electrons. The fraction of sp³-hybridized carbons (Fsp3) is 0.476. The molecule has 5 amide bonds. The number of nitrogens with zero attached hydrogens (tertiary/aromatic N) is 2. The van der Waals surface area contributed by atoms with Crippen molar-refractivity contribution in [3.8, 4) is 0 Å². The van der Waals surface area contributed by atoms with E-state index in [9.17, 15) is 24.0 Å². The van der Waals surface area contributed by atoms with Crippen LogP contribution in [0.3, 0.4) is 0 Å². The van der Waals surface area contributed by atoms with Crippen molar-refractivity contribution in [3.63, 3.8) is 0 Å². The predicted molar refractivity (Wildman–Crippen MR) is 107 cm³/mol. The van der Waals surface area contributed by atoms with Crippen LogP contribution >= 0.6 is 0 Å². The summed E-state index contributed by atoms with van der Waals surface area (Å²) in [5.41, 5.74) is 1.21. The van der Waals surface area contributed by atoms with Gasteiger partial charge in [0.2, 0.25) is 17.7 Å². The molecule has 31 heavy (non-hydrogen) atoms. The summed E-state index contributed by atoms with van der Waals surface area (Å²) in [4.78, 5) is 65.6. The first kappa shape index (κ1) is 19.8. The van der Waals surface area contributed by atoms with Crippen molar-refractivity contribution in [1.29, 1.82) is 0 Å². The number of piperidine rings is 1. The van der Waals surface area contributed by atoms with Crippen molar-refractivity contribution in [2.75, 3.05) is 26.2 Å². The molecule has 4 aliphatic rings. The molecule has 0 saturated carbocycles. The average Bonchev–Trinajstić information content (AvgIpc) is 2.95. The summed E-state index contributed by atoms with van der Waals surface area (Å²) in [7, 11) is 0. The zero-order valence-electron chi connectivity index (χ0n) is 16.8.